The number of phenols is 1. The number of carboxylic acids is 1. The summed E-state index contributed by atoms with van der Waals surface area (Å²) in [6.45, 7) is 3.40. The lowest BCUT2D eigenvalue weighted by molar-refractivity contribution is -0.132. The molecule has 2 N–H and O–H groups in total. The van der Waals surface area contributed by atoms with Crippen molar-refractivity contribution in [1.82, 2.24) is 0 Å². The molecule has 0 fully saturated rings. The Morgan fingerprint density at radius 2 is 2.20 bits per heavy atom. The van der Waals surface area contributed by atoms with Crippen LogP contribution in [0.1, 0.15) is 12.0 Å². The zero-order chi connectivity index (χ0) is 11.3. The summed E-state index contributed by atoms with van der Waals surface area (Å²) in [5.74, 6) is -0.801. The van der Waals surface area contributed by atoms with E-state index in [0.29, 0.717) is 6.42 Å². The molecule has 15 heavy (non-hydrogen) atoms. The van der Waals surface area contributed by atoms with E-state index in [1.807, 2.05) is 6.07 Å². The van der Waals surface area contributed by atoms with Crippen molar-refractivity contribution >= 4 is 12.0 Å². The van der Waals surface area contributed by atoms with Gasteiger partial charge in [0.15, 0.2) is 0 Å². The number of phenolic OH excluding ortho intramolecular Hbond substituents is 1. The molecule has 0 atom stereocenters. The standard InChI is InChI=1S/C12H12O3/c1-9(12(14)15)4-2-5-10-6-3-7-11(13)8-10/h2-3,5-8,13H,1,4H2,(H,14,15). The fourth-order valence-corrected chi connectivity index (χ4v) is 1.05. The van der Waals surface area contributed by atoms with Gasteiger partial charge in [0.05, 0.1) is 0 Å². The number of benzene rings is 1. The van der Waals surface area contributed by atoms with E-state index < -0.39 is 5.97 Å². The van der Waals surface area contributed by atoms with Crippen molar-refractivity contribution in [3.63, 3.8) is 0 Å². The summed E-state index contributed by atoms with van der Waals surface area (Å²) >= 11 is 0. The van der Waals surface area contributed by atoms with Crippen LogP contribution in [0.3, 0.4) is 0 Å². The minimum atomic E-state index is -0.990. The summed E-state index contributed by atoms with van der Waals surface area (Å²) in [5.41, 5.74) is 0.972. The molecule has 78 valence electrons. The van der Waals surface area contributed by atoms with E-state index in [9.17, 15) is 4.79 Å². The van der Waals surface area contributed by atoms with Gasteiger partial charge in [0.25, 0.3) is 0 Å². The van der Waals surface area contributed by atoms with Crippen molar-refractivity contribution in [3.05, 3.63) is 48.1 Å². The molecule has 0 aliphatic heterocycles. The van der Waals surface area contributed by atoms with Crippen LogP contribution in [0.4, 0.5) is 0 Å². The molecule has 1 aromatic rings. The summed E-state index contributed by atoms with van der Waals surface area (Å²) in [6, 6.07) is 6.72. The zero-order valence-corrected chi connectivity index (χ0v) is 8.18. The molecule has 0 aliphatic carbocycles. The minimum absolute atomic E-state index is 0.145. The molecule has 0 aromatic heterocycles. The smallest absolute Gasteiger partial charge is 0.331 e. The number of aromatic hydroxyl groups is 1. The van der Waals surface area contributed by atoms with Crippen LogP contribution in [0.25, 0.3) is 6.08 Å². The van der Waals surface area contributed by atoms with Gasteiger partial charge in [-0.3, -0.25) is 0 Å². The molecule has 0 saturated carbocycles. The van der Waals surface area contributed by atoms with Crippen molar-refractivity contribution in [2.75, 3.05) is 0 Å². The molecule has 0 bridgehead atoms. The van der Waals surface area contributed by atoms with Crippen molar-refractivity contribution in [1.29, 1.82) is 0 Å². The maximum absolute atomic E-state index is 10.4. The molecule has 1 rings (SSSR count). The maximum Gasteiger partial charge on any atom is 0.331 e. The Bertz CT molecular complexity index is 405. The number of hydrogen-bond donors (Lipinski definition) is 2. The summed E-state index contributed by atoms with van der Waals surface area (Å²) in [4.78, 5) is 10.4. The van der Waals surface area contributed by atoms with Gasteiger partial charge in [-0.05, 0) is 24.1 Å². The van der Waals surface area contributed by atoms with Gasteiger partial charge in [0.2, 0.25) is 0 Å². The monoisotopic (exact) mass is 204 g/mol. The predicted molar refractivity (Wildman–Crippen MR) is 58.5 cm³/mol. The number of carbonyl (C=O) groups is 1. The van der Waals surface area contributed by atoms with Gasteiger partial charge in [-0.2, -0.15) is 0 Å². The lowest BCUT2D eigenvalue weighted by atomic mass is 10.1. The van der Waals surface area contributed by atoms with Crippen LogP contribution in [0, 0.1) is 0 Å². The van der Waals surface area contributed by atoms with Crippen LogP contribution in [0.15, 0.2) is 42.5 Å². The number of hydrogen-bond acceptors (Lipinski definition) is 2. The number of carboxylic acid groups (broad SMARTS) is 1. The quantitative estimate of drug-likeness (QED) is 0.740. The molecule has 0 aliphatic rings. The highest BCUT2D eigenvalue weighted by Gasteiger charge is 1.99. The van der Waals surface area contributed by atoms with Crippen molar-refractivity contribution < 1.29 is 15.0 Å². The molecule has 0 amide bonds. The molecule has 0 heterocycles. The second kappa shape index (κ2) is 5.00. The molecule has 0 radical (unpaired) electrons. The molecule has 3 heteroatoms. The predicted octanol–water partition coefficient (Wildman–Crippen LogP) is 2.44. The van der Waals surface area contributed by atoms with Gasteiger partial charge in [0, 0.05) is 5.57 Å². The molecular weight excluding hydrogens is 192 g/mol. The fraction of sp³-hybridized carbons (Fsp3) is 0.0833. The lowest BCUT2D eigenvalue weighted by Crippen LogP contribution is -1.96. The first kappa shape index (κ1) is 11.0. The first-order valence-electron chi connectivity index (χ1n) is 4.46. The zero-order valence-electron chi connectivity index (χ0n) is 8.18. The first-order chi connectivity index (χ1) is 7.09. The third-order valence-corrected chi connectivity index (χ3v) is 1.85. The van der Waals surface area contributed by atoms with E-state index in [0.717, 1.165) is 5.56 Å². The Hall–Kier alpha value is -2.03. The Morgan fingerprint density at radius 3 is 2.80 bits per heavy atom. The van der Waals surface area contributed by atoms with Gasteiger partial charge in [0.1, 0.15) is 5.75 Å². The second-order valence-corrected chi connectivity index (χ2v) is 3.11. The molecular formula is C12H12O3. The minimum Gasteiger partial charge on any atom is -0.508 e. The molecule has 0 unspecified atom stereocenters. The van der Waals surface area contributed by atoms with Crippen LogP contribution in [-0.4, -0.2) is 16.2 Å². The number of rotatable bonds is 4. The maximum atomic E-state index is 10.4. The summed E-state index contributed by atoms with van der Waals surface area (Å²) in [7, 11) is 0. The summed E-state index contributed by atoms with van der Waals surface area (Å²) in [6.07, 6.45) is 3.74. The third kappa shape index (κ3) is 3.68. The van der Waals surface area contributed by atoms with E-state index >= 15 is 0 Å². The fourth-order valence-electron chi connectivity index (χ4n) is 1.05. The van der Waals surface area contributed by atoms with Crippen LogP contribution >= 0.6 is 0 Å². The topological polar surface area (TPSA) is 57.5 Å². The van der Waals surface area contributed by atoms with Gasteiger partial charge >= 0.3 is 5.97 Å². The lowest BCUT2D eigenvalue weighted by Gasteiger charge is -1.95. The average molecular weight is 204 g/mol. The molecule has 0 spiro atoms. The Morgan fingerprint density at radius 1 is 1.47 bits per heavy atom. The number of allylic oxidation sites excluding steroid dienone is 1. The third-order valence-electron chi connectivity index (χ3n) is 1.85. The van der Waals surface area contributed by atoms with Crippen molar-refractivity contribution in [3.8, 4) is 5.75 Å². The van der Waals surface area contributed by atoms with E-state index in [1.54, 1.807) is 30.4 Å². The molecule has 1 aromatic carbocycles. The average Bonchev–Trinajstić information content (AvgIpc) is 2.17. The first-order valence-corrected chi connectivity index (χ1v) is 4.46. The SMILES string of the molecule is C=C(CC=Cc1cccc(O)c1)C(=O)O. The van der Waals surface area contributed by atoms with Gasteiger partial charge in [-0.15, -0.1) is 0 Å². The van der Waals surface area contributed by atoms with E-state index in [-0.39, 0.29) is 11.3 Å². The van der Waals surface area contributed by atoms with Crippen LogP contribution < -0.4 is 0 Å². The van der Waals surface area contributed by atoms with Crippen molar-refractivity contribution in [2.24, 2.45) is 0 Å². The second-order valence-electron chi connectivity index (χ2n) is 3.11. The number of aliphatic carboxylic acids is 1. The van der Waals surface area contributed by atoms with Gasteiger partial charge in [-0.1, -0.05) is 30.9 Å². The molecule has 3 nitrogen and oxygen atoms in total. The normalized spacial score (nSPS) is 10.4. The highest BCUT2D eigenvalue weighted by molar-refractivity contribution is 5.86. The van der Waals surface area contributed by atoms with E-state index in [1.165, 1.54) is 0 Å². The summed E-state index contributed by atoms with van der Waals surface area (Å²) in [5, 5.41) is 17.7. The summed E-state index contributed by atoms with van der Waals surface area (Å²) < 4.78 is 0. The van der Waals surface area contributed by atoms with Crippen LogP contribution in [0.5, 0.6) is 5.75 Å². The Kier molecular flexibility index (Phi) is 3.68. The van der Waals surface area contributed by atoms with Crippen LogP contribution in [0.2, 0.25) is 0 Å². The van der Waals surface area contributed by atoms with Crippen LogP contribution in [-0.2, 0) is 4.79 Å². The van der Waals surface area contributed by atoms with E-state index in [4.69, 9.17) is 10.2 Å². The van der Waals surface area contributed by atoms with E-state index in [2.05, 4.69) is 6.58 Å². The van der Waals surface area contributed by atoms with Gasteiger partial charge < -0.3 is 10.2 Å². The Labute approximate surface area is 88.0 Å². The molecule has 0 saturated heterocycles. The van der Waals surface area contributed by atoms with Crippen molar-refractivity contribution in [2.45, 2.75) is 6.42 Å². The highest BCUT2D eigenvalue weighted by atomic mass is 16.4. The highest BCUT2D eigenvalue weighted by Crippen LogP contribution is 2.12. The largest absolute Gasteiger partial charge is 0.508 e. The van der Waals surface area contributed by atoms with Gasteiger partial charge in [-0.25, -0.2) is 4.79 Å². The Balaban J connectivity index is 2.59.